The smallest absolute Gasteiger partial charge is 0.421 e. The van der Waals surface area contributed by atoms with Gasteiger partial charge in [0.2, 0.25) is 0 Å². The van der Waals surface area contributed by atoms with E-state index in [1.54, 1.807) is 12.4 Å². The zero-order chi connectivity index (χ0) is 21.8. The number of ether oxygens (including phenoxy) is 2. The van der Waals surface area contributed by atoms with Gasteiger partial charge in [0.05, 0.1) is 12.0 Å². The van der Waals surface area contributed by atoms with Crippen molar-refractivity contribution in [3.8, 4) is 11.5 Å². The van der Waals surface area contributed by atoms with E-state index in [0.29, 0.717) is 11.5 Å². The molecule has 0 spiro atoms. The predicted octanol–water partition coefficient (Wildman–Crippen LogP) is 6.13. The number of benzene rings is 2. The first-order valence-corrected chi connectivity index (χ1v) is 9.27. The van der Waals surface area contributed by atoms with Crippen molar-refractivity contribution < 1.29 is 22.6 Å². The molecule has 0 aliphatic rings. The van der Waals surface area contributed by atoms with Crippen LogP contribution in [0.4, 0.5) is 18.9 Å². The molecule has 0 bridgehead atoms. The molecule has 4 nitrogen and oxygen atoms in total. The molecule has 1 unspecified atom stereocenters. The van der Waals surface area contributed by atoms with E-state index in [2.05, 4.69) is 4.99 Å². The van der Waals surface area contributed by atoms with Crippen molar-refractivity contribution in [2.24, 2.45) is 4.99 Å². The number of aliphatic imine (C=N–C) groups is 1. The van der Waals surface area contributed by atoms with E-state index in [9.17, 15) is 13.2 Å². The van der Waals surface area contributed by atoms with Crippen LogP contribution in [-0.2, 0) is 10.3 Å². The van der Waals surface area contributed by atoms with Crippen molar-refractivity contribution >= 4 is 12.0 Å². The van der Waals surface area contributed by atoms with Gasteiger partial charge >= 0.3 is 6.18 Å². The second-order valence-corrected chi connectivity index (χ2v) is 7.09. The lowest BCUT2D eigenvalue weighted by Gasteiger charge is -2.31. The molecule has 0 saturated heterocycles. The van der Waals surface area contributed by atoms with E-state index in [1.807, 2.05) is 44.9 Å². The lowest BCUT2D eigenvalue weighted by Crippen LogP contribution is -2.41. The number of alkyl halides is 3. The third-order valence-electron chi connectivity index (χ3n) is 4.95. The van der Waals surface area contributed by atoms with Crippen LogP contribution in [0.3, 0.4) is 0 Å². The number of nitrogens with zero attached hydrogens (tertiary/aromatic N) is 2. The van der Waals surface area contributed by atoms with Gasteiger partial charge in [-0.25, -0.2) is 4.99 Å². The number of aryl methyl sites for hydroxylation is 2. The Morgan fingerprint density at radius 1 is 1.10 bits per heavy atom. The molecule has 0 aliphatic heterocycles. The molecular formula is C22H27F3N2O2. The Balaban J connectivity index is 2.33. The SMILES string of the molecule is CCN(C)C=Nc1cc(C)c(Oc2cccc(C(C)(OC)C(F)(F)F)c2)cc1C. The Morgan fingerprint density at radius 2 is 1.79 bits per heavy atom. The van der Waals surface area contributed by atoms with Crippen molar-refractivity contribution in [3.63, 3.8) is 0 Å². The first kappa shape index (κ1) is 22.7. The summed E-state index contributed by atoms with van der Waals surface area (Å²) in [4.78, 5) is 6.43. The molecule has 0 amide bonds. The van der Waals surface area contributed by atoms with Crippen molar-refractivity contribution in [3.05, 3.63) is 53.1 Å². The summed E-state index contributed by atoms with van der Waals surface area (Å²) in [6, 6.07) is 9.60. The Morgan fingerprint density at radius 3 is 2.38 bits per heavy atom. The lowest BCUT2D eigenvalue weighted by molar-refractivity contribution is -0.269. The quantitative estimate of drug-likeness (QED) is 0.408. The standard InChI is InChI=1S/C22H27F3N2O2/c1-7-27(5)14-26-19-11-16(3)20(12-15(19)2)29-18-10-8-9-17(13-18)21(4,28-6)22(23,24)25/h8-14H,7H2,1-6H3. The van der Waals surface area contributed by atoms with Gasteiger partial charge in [0.25, 0.3) is 0 Å². The molecule has 0 fully saturated rings. The van der Waals surface area contributed by atoms with Crippen LogP contribution in [0.25, 0.3) is 0 Å². The molecule has 29 heavy (non-hydrogen) atoms. The molecule has 7 heteroatoms. The van der Waals surface area contributed by atoms with Gasteiger partial charge in [-0.3, -0.25) is 0 Å². The monoisotopic (exact) mass is 408 g/mol. The van der Waals surface area contributed by atoms with Crippen LogP contribution >= 0.6 is 0 Å². The van der Waals surface area contributed by atoms with Crippen LogP contribution in [0.1, 0.15) is 30.5 Å². The summed E-state index contributed by atoms with van der Waals surface area (Å²) in [6.07, 6.45) is -2.80. The molecule has 0 aliphatic carbocycles. The van der Waals surface area contributed by atoms with Crippen LogP contribution in [-0.4, -0.2) is 38.1 Å². The highest BCUT2D eigenvalue weighted by molar-refractivity contribution is 5.64. The van der Waals surface area contributed by atoms with Gasteiger partial charge in [-0.15, -0.1) is 0 Å². The molecule has 0 heterocycles. The van der Waals surface area contributed by atoms with Gasteiger partial charge in [-0.1, -0.05) is 12.1 Å². The summed E-state index contributed by atoms with van der Waals surface area (Å²) < 4.78 is 51.2. The Labute approximate surface area is 170 Å². The molecule has 0 saturated carbocycles. The number of halogens is 3. The van der Waals surface area contributed by atoms with E-state index in [1.165, 1.54) is 18.2 Å². The highest BCUT2D eigenvalue weighted by Crippen LogP contribution is 2.42. The average Bonchev–Trinajstić information content (AvgIpc) is 2.67. The first-order valence-electron chi connectivity index (χ1n) is 9.27. The van der Waals surface area contributed by atoms with Crippen molar-refractivity contribution in [2.45, 2.75) is 39.5 Å². The Bertz CT molecular complexity index is 881. The normalized spacial score (nSPS) is 14.1. The Kier molecular flexibility index (Phi) is 6.95. The van der Waals surface area contributed by atoms with Gasteiger partial charge in [0.1, 0.15) is 11.5 Å². The topological polar surface area (TPSA) is 34.1 Å². The maximum absolute atomic E-state index is 13.5. The minimum Gasteiger partial charge on any atom is -0.457 e. The van der Waals surface area contributed by atoms with Crippen LogP contribution < -0.4 is 4.74 Å². The van der Waals surface area contributed by atoms with Crippen LogP contribution in [0, 0.1) is 13.8 Å². The molecule has 0 aromatic heterocycles. The zero-order valence-electron chi connectivity index (χ0n) is 17.6. The average molecular weight is 408 g/mol. The second-order valence-electron chi connectivity index (χ2n) is 7.09. The minimum atomic E-state index is -4.56. The number of hydrogen-bond donors (Lipinski definition) is 0. The maximum Gasteiger partial charge on any atom is 0.421 e. The Hall–Kier alpha value is -2.54. The number of hydrogen-bond acceptors (Lipinski definition) is 3. The molecule has 2 aromatic carbocycles. The largest absolute Gasteiger partial charge is 0.457 e. The van der Waals surface area contributed by atoms with E-state index >= 15 is 0 Å². The lowest BCUT2D eigenvalue weighted by atomic mass is 9.95. The van der Waals surface area contributed by atoms with E-state index in [-0.39, 0.29) is 5.56 Å². The number of methoxy groups -OCH3 is 1. The molecule has 0 radical (unpaired) electrons. The zero-order valence-corrected chi connectivity index (χ0v) is 17.6. The van der Waals surface area contributed by atoms with Crippen molar-refractivity contribution in [2.75, 3.05) is 20.7 Å². The fraction of sp³-hybridized carbons (Fsp3) is 0.409. The summed E-state index contributed by atoms with van der Waals surface area (Å²) >= 11 is 0. The van der Waals surface area contributed by atoms with Gasteiger partial charge in [-0.05, 0) is 68.7 Å². The second kappa shape index (κ2) is 8.86. The van der Waals surface area contributed by atoms with Crippen LogP contribution in [0.2, 0.25) is 0 Å². The summed E-state index contributed by atoms with van der Waals surface area (Å²) in [6.45, 7) is 7.66. The van der Waals surface area contributed by atoms with E-state index < -0.39 is 11.8 Å². The van der Waals surface area contributed by atoms with E-state index in [4.69, 9.17) is 9.47 Å². The summed E-state index contributed by atoms with van der Waals surface area (Å²) in [5.41, 5.74) is 0.106. The summed E-state index contributed by atoms with van der Waals surface area (Å²) in [7, 11) is 2.98. The molecule has 158 valence electrons. The third-order valence-corrected chi connectivity index (χ3v) is 4.95. The highest BCUT2D eigenvalue weighted by Gasteiger charge is 2.53. The summed E-state index contributed by atoms with van der Waals surface area (Å²) in [5.74, 6) is 0.869. The molecule has 0 N–H and O–H groups in total. The number of rotatable bonds is 7. The summed E-state index contributed by atoms with van der Waals surface area (Å²) in [5, 5.41) is 0. The first-order chi connectivity index (χ1) is 13.5. The molecule has 1 atom stereocenters. The van der Waals surface area contributed by atoms with E-state index in [0.717, 1.165) is 37.4 Å². The fourth-order valence-electron chi connectivity index (χ4n) is 2.65. The van der Waals surface area contributed by atoms with Gasteiger partial charge in [-0.2, -0.15) is 13.2 Å². The van der Waals surface area contributed by atoms with Crippen molar-refractivity contribution in [1.29, 1.82) is 0 Å². The molecular weight excluding hydrogens is 381 g/mol. The molecule has 2 aromatic rings. The predicted molar refractivity (Wildman–Crippen MR) is 109 cm³/mol. The van der Waals surface area contributed by atoms with Gasteiger partial charge in [0.15, 0.2) is 5.60 Å². The van der Waals surface area contributed by atoms with Gasteiger partial charge in [0, 0.05) is 20.7 Å². The van der Waals surface area contributed by atoms with Crippen LogP contribution in [0.15, 0.2) is 41.4 Å². The maximum atomic E-state index is 13.5. The third kappa shape index (κ3) is 5.09. The minimum absolute atomic E-state index is 0.0248. The van der Waals surface area contributed by atoms with Gasteiger partial charge < -0.3 is 14.4 Å². The van der Waals surface area contributed by atoms with Crippen molar-refractivity contribution in [1.82, 2.24) is 4.90 Å². The fourth-order valence-corrected chi connectivity index (χ4v) is 2.65. The highest BCUT2D eigenvalue weighted by atomic mass is 19.4. The van der Waals surface area contributed by atoms with Crippen LogP contribution in [0.5, 0.6) is 11.5 Å². The molecule has 2 rings (SSSR count).